The highest BCUT2D eigenvalue weighted by Gasteiger charge is 2.14. The quantitative estimate of drug-likeness (QED) is 0.482. The lowest BCUT2D eigenvalue weighted by atomic mass is 10.2. The number of nitrogens with one attached hydrogen (secondary N) is 1. The first-order valence-electron chi connectivity index (χ1n) is 6.46. The van der Waals surface area contributed by atoms with Gasteiger partial charge in [0.2, 0.25) is 0 Å². The summed E-state index contributed by atoms with van der Waals surface area (Å²) in [6, 6.07) is 3.16. The molecule has 2 aromatic rings. The molecule has 1 N–H and O–H groups in total. The number of rotatable bonds is 7. The van der Waals surface area contributed by atoms with Crippen molar-refractivity contribution < 1.29 is 9.34 Å². The van der Waals surface area contributed by atoms with Gasteiger partial charge in [-0.15, -0.1) is 0 Å². The summed E-state index contributed by atoms with van der Waals surface area (Å²) in [6.45, 7) is 6.08. The molecule has 6 nitrogen and oxygen atoms in total. The van der Waals surface area contributed by atoms with Gasteiger partial charge in [0, 0.05) is 19.0 Å². The first kappa shape index (κ1) is 14.7. The normalized spacial score (nSPS) is 11.2. The number of hydrogen-bond donors (Lipinski definition) is 1. The number of aromatic nitrogens is 1. The zero-order valence-electron chi connectivity index (χ0n) is 11.5. The van der Waals surface area contributed by atoms with E-state index in [4.69, 9.17) is 4.42 Å². The van der Waals surface area contributed by atoms with E-state index in [1.165, 1.54) is 6.07 Å². The Kier molecular flexibility index (Phi) is 4.86. The van der Waals surface area contributed by atoms with Crippen LogP contribution < -0.4 is 5.32 Å². The van der Waals surface area contributed by atoms with Crippen LogP contribution in [-0.4, -0.2) is 23.0 Å². The van der Waals surface area contributed by atoms with Gasteiger partial charge in [0.1, 0.15) is 0 Å². The van der Waals surface area contributed by atoms with Crippen molar-refractivity contribution in [2.75, 3.05) is 13.1 Å². The summed E-state index contributed by atoms with van der Waals surface area (Å²) in [4.78, 5) is 15.2. The van der Waals surface area contributed by atoms with Gasteiger partial charge < -0.3 is 9.73 Å². The number of thiophene rings is 1. The maximum Gasteiger partial charge on any atom is 0.324 e. The fraction of sp³-hybridized carbons (Fsp3) is 0.462. The van der Waals surface area contributed by atoms with E-state index in [0.717, 1.165) is 29.3 Å². The zero-order valence-corrected chi connectivity index (χ0v) is 12.3. The molecular weight excluding hydrogens is 278 g/mol. The van der Waals surface area contributed by atoms with Gasteiger partial charge in [0.25, 0.3) is 0 Å². The first-order chi connectivity index (χ1) is 9.56. The summed E-state index contributed by atoms with van der Waals surface area (Å²) >= 11 is 1.09. The van der Waals surface area contributed by atoms with Crippen molar-refractivity contribution in [2.45, 2.75) is 20.3 Å². The molecule has 0 amide bonds. The second kappa shape index (κ2) is 6.62. The second-order valence-electron chi connectivity index (χ2n) is 4.86. The summed E-state index contributed by atoms with van der Waals surface area (Å²) in [5, 5.41) is 14.1. The average molecular weight is 295 g/mol. The van der Waals surface area contributed by atoms with E-state index in [9.17, 15) is 10.1 Å². The van der Waals surface area contributed by atoms with E-state index in [1.54, 1.807) is 12.3 Å². The molecule has 0 unspecified atom stereocenters. The lowest BCUT2D eigenvalue weighted by molar-refractivity contribution is -0.380. The maximum absolute atomic E-state index is 10.6. The standard InChI is InChI=1S/C13H17N3O3S/c1-9(2)7-14-6-5-12-15-8-10(19-12)11-3-4-13(20-11)16(17)18/h3-4,8-9,14H,5-7H2,1-2H3. The van der Waals surface area contributed by atoms with Gasteiger partial charge in [-0.05, 0) is 18.5 Å². The number of nitro groups is 1. The highest BCUT2D eigenvalue weighted by molar-refractivity contribution is 7.18. The van der Waals surface area contributed by atoms with E-state index in [0.29, 0.717) is 24.0 Å². The molecule has 0 aromatic carbocycles. The number of hydrogen-bond acceptors (Lipinski definition) is 6. The summed E-state index contributed by atoms with van der Waals surface area (Å²) in [5.74, 6) is 1.84. The SMILES string of the molecule is CC(C)CNCCc1ncc(-c2ccc([N+](=O)[O-])s2)o1. The van der Waals surface area contributed by atoms with Crippen molar-refractivity contribution in [3.8, 4) is 10.6 Å². The Morgan fingerprint density at radius 3 is 2.95 bits per heavy atom. The molecule has 0 atom stereocenters. The largest absolute Gasteiger partial charge is 0.440 e. The molecule has 0 radical (unpaired) electrons. The zero-order chi connectivity index (χ0) is 14.5. The molecule has 0 bridgehead atoms. The van der Waals surface area contributed by atoms with E-state index < -0.39 is 4.92 Å². The van der Waals surface area contributed by atoms with Crippen LogP contribution in [0.5, 0.6) is 0 Å². The van der Waals surface area contributed by atoms with Crippen molar-refractivity contribution in [2.24, 2.45) is 5.92 Å². The second-order valence-corrected chi connectivity index (χ2v) is 5.92. The van der Waals surface area contributed by atoms with Crippen LogP contribution >= 0.6 is 11.3 Å². The van der Waals surface area contributed by atoms with E-state index >= 15 is 0 Å². The molecule has 0 saturated heterocycles. The molecule has 0 aliphatic heterocycles. The molecule has 108 valence electrons. The number of nitrogens with zero attached hydrogens (tertiary/aromatic N) is 2. The van der Waals surface area contributed by atoms with Crippen LogP contribution in [0.3, 0.4) is 0 Å². The van der Waals surface area contributed by atoms with Gasteiger partial charge in [-0.3, -0.25) is 10.1 Å². The lowest BCUT2D eigenvalue weighted by Gasteiger charge is -2.05. The summed E-state index contributed by atoms with van der Waals surface area (Å²) in [7, 11) is 0. The molecule has 20 heavy (non-hydrogen) atoms. The van der Waals surface area contributed by atoms with Crippen molar-refractivity contribution in [3.63, 3.8) is 0 Å². The Morgan fingerprint density at radius 2 is 2.30 bits per heavy atom. The molecule has 2 heterocycles. The molecule has 0 aliphatic rings. The maximum atomic E-state index is 10.6. The molecule has 0 saturated carbocycles. The smallest absolute Gasteiger partial charge is 0.324 e. The predicted molar refractivity (Wildman–Crippen MR) is 77.9 cm³/mol. The molecule has 2 rings (SSSR count). The molecule has 0 fully saturated rings. The summed E-state index contributed by atoms with van der Waals surface area (Å²) < 4.78 is 5.61. The fourth-order valence-corrected chi connectivity index (χ4v) is 2.45. The van der Waals surface area contributed by atoms with Gasteiger partial charge in [-0.1, -0.05) is 25.2 Å². The highest BCUT2D eigenvalue weighted by Crippen LogP contribution is 2.32. The van der Waals surface area contributed by atoms with Crippen molar-refractivity contribution >= 4 is 16.3 Å². The summed E-state index contributed by atoms with van der Waals surface area (Å²) in [6.07, 6.45) is 2.33. The van der Waals surface area contributed by atoms with E-state index in [-0.39, 0.29) is 5.00 Å². The van der Waals surface area contributed by atoms with Crippen LogP contribution in [0.2, 0.25) is 0 Å². The van der Waals surface area contributed by atoms with Crippen LogP contribution in [0.1, 0.15) is 19.7 Å². The average Bonchev–Trinajstić information content (AvgIpc) is 3.03. The van der Waals surface area contributed by atoms with Gasteiger partial charge in [-0.2, -0.15) is 0 Å². The third kappa shape index (κ3) is 3.88. The van der Waals surface area contributed by atoms with Crippen LogP contribution in [0, 0.1) is 16.0 Å². The monoisotopic (exact) mass is 295 g/mol. The third-order valence-corrected chi connectivity index (χ3v) is 3.69. The lowest BCUT2D eigenvalue weighted by Crippen LogP contribution is -2.22. The minimum Gasteiger partial charge on any atom is -0.440 e. The molecule has 0 aliphatic carbocycles. The van der Waals surface area contributed by atoms with Crippen molar-refractivity contribution in [1.29, 1.82) is 0 Å². The topological polar surface area (TPSA) is 81.2 Å². The van der Waals surface area contributed by atoms with Crippen molar-refractivity contribution in [1.82, 2.24) is 10.3 Å². The Hall–Kier alpha value is -1.73. The Labute approximate surface area is 121 Å². The Bertz CT molecular complexity index is 577. The minimum absolute atomic E-state index is 0.108. The van der Waals surface area contributed by atoms with E-state index in [2.05, 4.69) is 24.1 Å². The summed E-state index contributed by atoms with van der Waals surface area (Å²) in [5.41, 5.74) is 0. The third-order valence-electron chi connectivity index (χ3n) is 2.64. The Morgan fingerprint density at radius 1 is 1.50 bits per heavy atom. The Balaban J connectivity index is 1.92. The number of oxazole rings is 1. The van der Waals surface area contributed by atoms with Gasteiger partial charge >= 0.3 is 5.00 Å². The van der Waals surface area contributed by atoms with Crippen LogP contribution in [-0.2, 0) is 6.42 Å². The highest BCUT2D eigenvalue weighted by atomic mass is 32.1. The predicted octanol–water partition coefficient (Wildman–Crippen LogP) is 3.10. The van der Waals surface area contributed by atoms with Gasteiger partial charge in [-0.25, -0.2) is 4.98 Å². The van der Waals surface area contributed by atoms with Crippen molar-refractivity contribution in [3.05, 3.63) is 34.3 Å². The van der Waals surface area contributed by atoms with E-state index in [1.807, 2.05) is 0 Å². The molecule has 2 aromatic heterocycles. The minimum atomic E-state index is -0.402. The van der Waals surface area contributed by atoms with Crippen LogP contribution in [0.15, 0.2) is 22.7 Å². The fourth-order valence-electron chi connectivity index (χ4n) is 1.68. The molecular formula is C13H17N3O3S. The van der Waals surface area contributed by atoms with Gasteiger partial charge in [0.05, 0.1) is 16.0 Å². The first-order valence-corrected chi connectivity index (χ1v) is 7.28. The van der Waals surface area contributed by atoms with Crippen LogP contribution in [0.25, 0.3) is 10.6 Å². The molecule has 7 heteroatoms. The van der Waals surface area contributed by atoms with Crippen LogP contribution in [0.4, 0.5) is 5.00 Å². The molecule has 0 spiro atoms. The van der Waals surface area contributed by atoms with Gasteiger partial charge in [0.15, 0.2) is 11.7 Å².